The highest BCUT2D eigenvalue weighted by Crippen LogP contribution is 2.31. The molecule has 0 aliphatic heterocycles. The minimum Gasteiger partial charge on any atom is -0.327 e. The molecular formula is C9H13N3. The molecule has 2 unspecified atom stereocenters. The van der Waals surface area contributed by atoms with Gasteiger partial charge in [0.05, 0.1) is 0 Å². The topological polar surface area (TPSA) is 51.8 Å². The van der Waals surface area contributed by atoms with Gasteiger partial charge in [-0.2, -0.15) is 0 Å². The molecule has 0 radical (unpaired) electrons. The van der Waals surface area contributed by atoms with Crippen molar-refractivity contribution in [1.29, 1.82) is 0 Å². The summed E-state index contributed by atoms with van der Waals surface area (Å²) in [5.41, 5.74) is 7.06. The average Bonchev–Trinajstić information content (AvgIpc) is 2.53. The van der Waals surface area contributed by atoms with Crippen LogP contribution >= 0.6 is 0 Å². The normalized spacial score (nSPS) is 29.1. The molecule has 2 rings (SSSR count). The highest BCUT2D eigenvalue weighted by molar-refractivity contribution is 5.10. The molecule has 0 spiro atoms. The highest BCUT2D eigenvalue weighted by Gasteiger charge is 2.25. The van der Waals surface area contributed by atoms with Crippen LogP contribution in [0.4, 0.5) is 0 Å². The molecule has 1 saturated carbocycles. The van der Waals surface area contributed by atoms with Crippen LogP contribution in [-0.2, 0) is 0 Å². The Morgan fingerprint density at radius 2 is 2.33 bits per heavy atom. The van der Waals surface area contributed by atoms with Crippen molar-refractivity contribution < 1.29 is 0 Å². The van der Waals surface area contributed by atoms with Crippen molar-refractivity contribution >= 4 is 0 Å². The molecule has 1 aromatic rings. The van der Waals surface area contributed by atoms with E-state index in [-0.39, 0.29) is 0 Å². The molecule has 2 N–H and O–H groups in total. The summed E-state index contributed by atoms with van der Waals surface area (Å²) in [5, 5.41) is 0. The molecule has 1 aromatic heterocycles. The van der Waals surface area contributed by atoms with Crippen molar-refractivity contribution in [1.82, 2.24) is 9.97 Å². The predicted molar refractivity (Wildman–Crippen MR) is 46.6 cm³/mol. The van der Waals surface area contributed by atoms with Gasteiger partial charge in [0.15, 0.2) is 0 Å². The second kappa shape index (κ2) is 3.19. The van der Waals surface area contributed by atoms with E-state index in [0.717, 1.165) is 12.1 Å². The van der Waals surface area contributed by atoms with Gasteiger partial charge in [0, 0.05) is 23.9 Å². The second-order valence-electron chi connectivity index (χ2n) is 3.34. The Kier molecular flexibility index (Phi) is 2.04. The lowest BCUT2D eigenvalue weighted by atomic mass is 10.0. The zero-order chi connectivity index (χ0) is 8.39. The molecule has 1 fully saturated rings. The van der Waals surface area contributed by atoms with Crippen molar-refractivity contribution in [3.05, 3.63) is 24.3 Å². The van der Waals surface area contributed by atoms with Crippen molar-refractivity contribution in [2.24, 2.45) is 5.73 Å². The SMILES string of the molecule is NC1CCCC1c1ccncn1. The Morgan fingerprint density at radius 3 is 2.92 bits per heavy atom. The molecule has 3 heteroatoms. The third-order valence-corrected chi connectivity index (χ3v) is 2.55. The maximum atomic E-state index is 5.95. The molecule has 0 aromatic carbocycles. The summed E-state index contributed by atoms with van der Waals surface area (Å²) in [7, 11) is 0. The molecule has 2 atom stereocenters. The van der Waals surface area contributed by atoms with Crippen LogP contribution in [-0.4, -0.2) is 16.0 Å². The lowest BCUT2D eigenvalue weighted by Gasteiger charge is -2.13. The maximum Gasteiger partial charge on any atom is 0.115 e. The summed E-state index contributed by atoms with van der Waals surface area (Å²) in [5.74, 6) is 0.466. The van der Waals surface area contributed by atoms with Crippen molar-refractivity contribution in [2.75, 3.05) is 0 Å². The minimum absolute atomic E-state index is 0.305. The second-order valence-corrected chi connectivity index (χ2v) is 3.34. The third kappa shape index (κ3) is 1.32. The summed E-state index contributed by atoms with van der Waals surface area (Å²) < 4.78 is 0. The summed E-state index contributed by atoms with van der Waals surface area (Å²) in [6, 6.07) is 2.27. The van der Waals surface area contributed by atoms with Crippen molar-refractivity contribution in [2.45, 2.75) is 31.2 Å². The highest BCUT2D eigenvalue weighted by atomic mass is 14.8. The van der Waals surface area contributed by atoms with Gasteiger partial charge in [0.1, 0.15) is 6.33 Å². The average molecular weight is 163 g/mol. The van der Waals surface area contributed by atoms with Gasteiger partial charge in [0.25, 0.3) is 0 Å². The Hall–Kier alpha value is -0.960. The van der Waals surface area contributed by atoms with Gasteiger partial charge in [-0.05, 0) is 18.9 Å². The molecule has 1 aliphatic carbocycles. The van der Waals surface area contributed by atoms with Crippen LogP contribution in [0.3, 0.4) is 0 Å². The zero-order valence-electron chi connectivity index (χ0n) is 6.98. The lowest BCUT2D eigenvalue weighted by Crippen LogP contribution is -2.23. The van der Waals surface area contributed by atoms with Gasteiger partial charge in [-0.1, -0.05) is 6.42 Å². The first-order valence-corrected chi connectivity index (χ1v) is 4.39. The Bertz CT molecular complexity index is 247. The first-order valence-electron chi connectivity index (χ1n) is 4.39. The number of nitrogens with two attached hydrogens (primary N) is 1. The largest absolute Gasteiger partial charge is 0.327 e. The first kappa shape index (κ1) is 7.68. The van der Waals surface area contributed by atoms with Gasteiger partial charge in [-0.15, -0.1) is 0 Å². The number of hydrogen-bond donors (Lipinski definition) is 1. The van der Waals surface area contributed by atoms with Crippen LogP contribution in [0.25, 0.3) is 0 Å². The van der Waals surface area contributed by atoms with Gasteiger partial charge in [-0.25, -0.2) is 9.97 Å². The summed E-state index contributed by atoms with van der Waals surface area (Å²) in [6.07, 6.45) is 6.93. The minimum atomic E-state index is 0.305. The van der Waals surface area contributed by atoms with Crippen molar-refractivity contribution in [3.63, 3.8) is 0 Å². The van der Waals surface area contributed by atoms with Crippen LogP contribution in [0, 0.1) is 0 Å². The monoisotopic (exact) mass is 163 g/mol. The van der Waals surface area contributed by atoms with E-state index >= 15 is 0 Å². The summed E-state index contributed by atoms with van der Waals surface area (Å²) in [6.45, 7) is 0. The fourth-order valence-corrected chi connectivity index (χ4v) is 1.88. The lowest BCUT2D eigenvalue weighted by molar-refractivity contribution is 0.597. The number of nitrogens with zero attached hydrogens (tertiary/aromatic N) is 2. The van der Waals surface area contributed by atoms with E-state index in [1.54, 1.807) is 12.5 Å². The van der Waals surface area contributed by atoms with Gasteiger partial charge in [-0.3, -0.25) is 0 Å². The van der Waals surface area contributed by atoms with E-state index in [9.17, 15) is 0 Å². The first-order chi connectivity index (χ1) is 5.88. The predicted octanol–water partition coefficient (Wildman–Crippen LogP) is 1.07. The van der Waals surface area contributed by atoms with Gasteiger partial charge < -0.3 is 5.73 Å². The van der Waals surface area contributed by atoms with E-state index < -0.39 is 0 Å². The van der Waals surface area contributed by atoms with Crippen LogP contribution in [0.1, 0.15) is 30.9 Å². The van der Waals surface area contributed by atoms with Gasteiger partial charge in [0.2, 0.25) is 0 Å². The van der Waals surface area contributed by atoms with E-state index in [4.69, 9.17) is 5.73 Å². The quantitative estimate of drug-likeness (QED) is 0.673. The molecule has 1 heterocycles. The van der Waals surface area contributed by atoms with Crippen LogP contribution in [0.15, 0.2) is 18.6 Å². The number of rotatable bonds is 1. The number of aromatic nitrogens is 2. The summed E-state index contributed by atoms with van der Waals surface area (Å²) >= 11 is 0. The standard InChI is InChI=1S/C9H13N3/c10-8-3-1-2-7(8)9-4-5-11-6-12-9/h4-8H,1-3,10H2. The maximum absolute atomic E-state index is 5.95. The van der Waals surface area contributed by atoms with Gasteiger partial charge >= 0.3 is 0 Å². The molecule has 0 saturated heterocycles. The molecule has 3 nitrogen and oxygen atoms in total. The van der Waals surface area contributed by atoms with E-state index in [1.165, 1.54) is 12.8 Å². The van der Waals surface area contributed by atoms with Crippen LogP contribution < -0.4 is 5.73 Å². The van der Waals surface area contributed by atoms with E-state index in [2.05, 4.69) is 9.97 Å². The smallest absolute Gasteiger partial charge is 0.115 e. The van der Waals surface area contributed by atoms with E-state index in [1.807, 2.05) is 6.07 Å². The molecule has 12 heavy (non-hydrogen) atoms. The molecule has 0 amide bonds. The molecule has 0 bridgehead atoms. The zero-order valence-corrected chi connectivity index (χ0v) is 6.98. The van der Waals surface area contributed by atoms with Crippen LogP contribution in [0.5, 0.6) is 0 Å². The fraction of sp³-hybridized carbons (Fsp3) is 0.556. The summed E-state index contributed by atoms with van der Waals surface area (Å²) in [4.78, 5) is 8.11. The molecular weight excluding hydrogens is 150 g/mol. The van der Waals surface area contributed by atoms with E-state index in [0.29, 0.717) is 12.0 Å². The molecule has 1 aliphatic rings. The Labute approximate surface area is 72.0 Å². The van der Waals surface area contributed by atoms with Crippen molar-refractivity contribution in [3.8, 4) is 0 Å². The fourth-order valence-electron chi connectivity index (χ4n) is 1.88. The third-order valence-electron chi connectivity index (χ3n) is 2.55. The molecule has 64 valence electrons. The van der Waals surface area contributed by atoms with Crippen LogP contribution in [0.2, 0.25) is 0 Å². The Balaban J connectivity index is 2.19. The Morgan fingerprint density at radius 1 is 1.42 bits per heavy atom. The number of hydrogen-bond acceptors (Lipinski definition) is 3.